The van der Waals surface area contributed by atoms with Gasteiger partial charge < -0.3 is 14.7 Å². The SMILES string of the molecule is c1ccc(-c2cccc(-c3ccccc3)c2N2c3cc(-c4cc5cccc6c7cccc8cccc(c(c4)c56)c87)ccc3B3c4ccc(-c5cc6cccc7c8cccc9cccc(c(c5)c67)c98)cc4N(c4c(-c5ccccc5)cccc4-c4ccccc4)c4cc(N5C6CC7CC(C6)CC5C7)cc2c43)cc1. The number of anilines is 7. The standard InChI is InChI=1S/C103H70BN3/c1-5-21-64(22-6-1)79-35-19-36-80(65-23-7-2-8-24-65)102(79)106-93-58-70(74-54-72-33-17-41-85-83-39-13-29-68-31-15-43-87(97(68)83)89(56-74)99(72)85)45-47-91(93)104-92-48-46-71(75-55-73-34-18-42-86-84-40-14-30-69-32-16-44-88(98(69)84)90(57-75)100(73)86)59-94(92)107(103-81(66-25-9-3-10-26-66)37-20-38-82(103)67-27-11-4-12-28-67)96-61-78(60-95(106)101(96)104)105-76-50-62-49-63(52-76)53-77(105)51-62/h1-48,54-63,76-77H,49-53H2. The van der Waals surface area contributed by atoms with Crippen molar-refractivity contribution in [2.45, 2.75) is 44.2 Å². The lowest BCUT2D eigenvalue weighted by molar-refractivity contribution is 0.0900. The number of piperidine rings is 2. The Bertz CT molecular complexity index is 6360. The smallest absolute Gasteiger partial charge is 0.252 e. The van der Waals surface area contributed by atoms with Gasteiger partial charge in [0, 0.05) is 62.8 Å². The van der Waals surface area contributed by atoms with E-state index in [9.17, 15) is 0 Å². The Morgan fingerprint density at radius 1 is 0.234 bits per heavy atom. The van der Waals surface area contributed by atoms with Crippen LogP contribution in [0.15, 0.2) is 340 Å². The van der Waals surface area contributed by atoms with Gasteiger partial charge in [0.1, 0.15) is 0 Å². The van der Waals surface area contributed by atoms with Crippen LogP contribution in [0.1, 0.15) is 32.1 Å². The molecule has 4 fully saturated rings. The number of rotatable bonds is 9. The number of hydrogen-bond acceptors (Lipinski definition) is 3. The molecule has 0 atom stereocenters. The topological polar surface area (TPSA) is 9.72 Å². The second-order valence-corrected chi connectivity index (χ2v) is 31.3. The van der Waals surface area contributed by atoms with Crippen LogP contribution < -0.4 is 31.1 Å². The van der Waals surface area contributed by atoms with Crippen LogP contribution in [0.5, 0.6) is 0 Å². The van der Waals surface area contributed by atoms with Gasteiger partial charge >= 0.3 is 0 Å². The maximum Gasteiger partial charge on any atom is 0.252 e. The molecule has 0 N–H and O–H groups in total. The summed E-state index contributed by atoms with van der Waals surface area (Å²) < 4.78 is 0. The van der Waals surface area contributed by atoms with Crippen molar-refractivity contribution in [2.75, 3.05) is 14.7 Å². The highest BCUT2D eigenvalue weighted by atomic mass is 15.2. The monoisotopic (exact) mass is 1360 g/mol. The van der Waals surface area contributed by atoms with Crippen LogP contribution in [0, 0.1) is 11.8 Å². The summed E-state index contributed by atoms with van der Waals surface area (Å²) >= 11 is 0. The van der Waals surface area contributed by atoms with E-state index in [1.165, 1.54) is 241 Å². The normalized spacial score (nSPS) is 17.1. The summed E-state index contributed by atoms with van der Waals surface area (Å²) in [5, 5.41) is 20.7. The van der Waals surface area contributed by atoms with Crippen LogP contribution in [0.2, 0.25) is 0 Å². The first-order chi connectivity index (χ1) is 53.0. The van der Waals surface area contributed by atoms with E-state index in [-0.39, 0.29) is 6.71 Å². The van der Waals surface area contributed by atoms with E-state index in [0.717, 1.165) is 11.8 Å². The van der Waals surface area contributed by atoms with Crippen LogP contribution in [0.3, 0.4) is 0 Å². The van der Waals surface area contributed by atoms with E-state index in [2.05, 4.69) is 354 Å². The summed E-state index contributed by atoms with van der Waals surface area (Å²) in [5.74, 6) is 1.54. The average molecular weight is 1360 g/mol. The van der Waals surface area contributed by atoms with Crippen LogP contribution in [0.4, 0.5) is 39.8 Å². The van der Waals surface area contributed by atoms with Gasteiger partial charge in [-0.2, -0.15) is 0 Å². The third kappa shape index (κ3) is 8.79. The molecule has 6 aliphatic rings. The van der Waals surface area contributed by atoms with E-state index in [1.807, 2.05) is 0 Å². The Labute approximate surface area is 622 Å². The van der Waals surface area contributed by atoms with Gasteiger partial charge in [0.05, 0.1) is 11.4 Å². The van der Waals surface area contributed by atoms with Crippen molar-refractivity contribution in [1.29, 1.82) is 0 Å². The first kappa shape index (κ1) is 59.6. The molecule has 4 aliphatic heterocycles. The number of nitrogens with zero attached hydrogens (tertiary/aromatic N) is 3. The fourth-order valence-corrected chi connectivity index (χ4v) is 21.5. The summed E-state index contributed by atoms with van der Waals surface area (Å²) in [6, 6.07) is 132. The molecule has 0 spiro atoms. The third-order valence-corrected chi connectivity index (χ3v) is 25.7. The van der Waals surface area contributed by atoms with Crippen LogP contribution in [-0.4, -0.2) is 18.8 Å². The number of para-hydroxylation sites is 2. The minimum atomic E-state index is -0.194. The summed E-state index contributed by atoms with van der Waals surface area (Å²) in [5.41, 5.74) is 26.6. The molecule has 2 aliphatic carbocycles. The fraction of sp³-hybridized carbons (Fsp3) is 0.0874. The van der Waals surface area contributed by atoms with Gasteiger partial charge in [0.15, 0.2) is 0 Å². The summed E-state index contributed by atoms with van der Waals surface area (Å²) in [6.07, 6.45) is 6.33. The Morgan fingerprint density at radius 2 is 0.561 bits per heavy atom. The molecular formula is C103H70BN3. The molecule has 0 amide bonds. The van der Waals surface area contributed by atoms with Crippen LogP contribution in [-0.2, 0) is 0 Å². The molecular weight excluding hydrogens is 1290 g/mol. The zero-order valence-corrected chi connectivity index (χ0v) is 59.1. The predicted octanol–water partition coefficient (Wildman–Crippen LogP) is 25.6. The van der Waals surface area contributed by atoms with Crippen molar-refractivity contribution < 1.29 is 0 Å². The van der Waals surface area contributed by atoms with Crippen molar-refractivity contribution in [3.05, 3.63) is 340 Å². The summed E-state index contributed by atoms with van der Waals surface area (Å²) in [7, 11) is 0. The lowest BCUT2D eigenvalue weighted by atomic mass is 9.33. The molecule has 25 rings (SSSR count). The Balaban J connectivity index is 0.841. The highest BCUT2D eigenvalue weighted by Gasteiger charge is 2.50. The zero-order chi connectivity index (χ0) is 69.7. The van der Waals surface area contributed by atoms with Crippen molar-refractivity contribution in [2.24, 2.45) is 11.8 Å². The van der Waals surface area contributed by atoms with Gasteiger partial charge in [0.25, 0.3) is 6.71 Å². The molecule has 0 aromatic heterocycles. The van der Waals surface area contributed by atoms with Crippen molar-refractivity contribution in [1.82, 2.24) is 0 Å². The van der Waals surface area contributed by atoms with E-state index in [0.29, 0.717) is 12.1 Å². The van der Waals surface area contributed by atoms with Crippen molar-refractivity contribution in [3.8, 4) is 66.8 Å². The van der Waals surface area contributed by atoms with Gasteiger partial charge in [-0.3, -0.25) is 0 Å². The molecule has 0 radical (unpaired) electrons. The first-order valence-electron chi connectivity index (χ1n) is 38.6. The molecule has 4 heterocycles. The number of fused-ring (bicyclic) bond motifs is 8. The summed E-state index contributed by atoms with van der Waals surface area (Å²) in [6.45, 7) is -0.194. The van der Waals surface area contributed by atoms with E-state index >= 15 is 0 Å². The number of hydrogen-bond donors (Lipinski definition) is 0. The molecule has 107 heavy (non-hydrogen) atoms. The molecule has 2 saturated heterocycles. The van der Waals surface area contributed by atoms with E-state index in [1.54, 1.807) is 0 Å². The molecule has 19 aromatic carbocycles. The molecule has 4 bridgehead atoms. The van der Waals surface area contributed by atoms with Gasteiger partial charge in [-0.1, -0.05) is 291 Å². The number of benzene rings is 19. The molecule has 4 heteroatoms. The molecule has 19 aromatic rings. The highest BCUT2D eigenvalue weighted by Crippen LogP contribution is 2.58. The van der Waals surface area contributed by atoms with Crippen molar-refractivity contribution >= 4 is 149 Å². The molecule has 2 saturated carbocycles. The second kappa shape index (κ2) is 22.9. The molecule has 3 nitrogen and oxygen atoms in total. The largest absolute Gasteiger partial charge is 0.365 e. The zero-order valence-electron chi connectivity index (χ0n) is 59.1. The van der Waals surface area contributed by atoms with Gasteiger partial charge in [-0.05, 0) is 240 Å². The second-order valence-electron chi connectivity index (χ2n) is 31.3. The quantitative estimate of drug-likeness (QED) is 0.0810. The predicted molar refractivity (Wildman–Crippen MR) is 456 cm³/mol. The Kier molecular flexibility index (Phi) is 12.7. The minimum absolute atomic E-state index is 0.194. The molecule has 0 unspecified atom stereocenters. The van der Waals surface area contributed by atoms with Gasteiger partial charge in [0.2, 0.25) is 0 Å². The summed E-state index contributed by atoms with van der Waals surface area (Å²) in [4.78, 5) is 8.54. The maximum atomic E-state index is 2.97. The van der Waals surface area contributed by atoms with Crippen LogP contribution in [0.25, 0.3) is 153 Å². The lowest BCUT2D eigenvalue weighted by Gasteiger charge is -2.58. The van der Waals surface area contributed by atoms with Gasteiger partial charge in [-0.15, -0.1) is 0 Å². The van der Waals surface area contributed by atoms with Crippen LogP contribution >= 0.6 is 0 Å². The fourth-order valence-electron chi connectivity index (χ4n) is 21.5. The Morgan fingerprint density at radius 3 is 0.925 bits per heavy atom. The maximum absolute atomic E-state index is 2.97. The van der Waals surface area contributed by atoms with Crippen molar-refractivity contribution in [3.63, 3.8) is 0 Å². The van der Waals surface area contributed by atoms with Gasteiger partial charge in [-0.25, -0.2) is 0 Å². The Hall–Kier alpha value is -12.8. The molecule has 500 valence electrons. The average Bonchev–Trinajstić information content (AvgIpc) is 0.685. The first-order valence-corrected chi connectivity index (χ1v) is 38.6. The highest BCUT2D eigenvalue weighted by molar-refractivity contribution is 7.00. The lowest BCUT2D eigenvalue weighted by Crippen LogP contribution is -2.62. The van der Waals surface area contributed by atoms with E-state index < -0.39 is 0 Å². The third-order valence-electron chi connectivity index (χ3n) is 25.7. The van der Waals surface area contributed by atoms with E-state index in [4.69, 9.17) is 0 Å². The minimum Gasteiger partial charge on any atom is -0.365 e.